The maximum atomic E-state index is 12.8. The highest BCUT2D eigenvalue weighted by Gasteiger charge is 2.37. The number of rotatable bonds is 5. The Labute approximate surface area is 191 Å². The van der Waals surface area contributed by atoms with Gasteiger partial charge in [0, 0.05) is 14.1 Å². The van der Waals surface area contributed by atoms with Crippen LogP contribution in [-0.2, 0) is 21.0 Å². The summed E-state index contributed by atoms with van der Waals surface area (Å²) < 4.78 is 27.4. The van der Waals surface area contributed by atoms with Crippen molar-refractivity contribution in [3.05, 3.63) is 52.1 Å². The standard InChI is InChI=1S/C24H33N3O4S/c1-15-11-18-19(24(5,6)10-9-23(18,3)4)13-17(15)16(2)12-21-25-14-20(22(28)29)27(21)32(30,31)26(7)8/h11-14H,9-10H2,1-8H3,(H,28,29)/b16-12+. The lowest BCUT2D eigenvalue weighted by molar-refractivity contribution is 0.0689. The van der Waals surface area contributed by atoms with Crippen LogP contribution in [0.5, 0.6) is 0 Å². The van der Waals surface area contributed by atoms with E-state index in [0.29, 0.717) is 0 Å². The minimum Gasteiger partial charge on any atom is -0.476 e. The van der Waals surface area contributed by atoms with Crippen molar-refractivity contribution in [2.45, 2.75) is 65.2 Å². The molecule has 0 saturated heterocycles. The molecular weight excluding hydrogens is 426 g/mol. The van der Waals surface area contributed by atoms with Gasteiger partial charge in [-0.25, -0.2) is 9.78 Å². The topological polar surface area (TPSA) is 92.5 Å². The van der Waals surface area contributed by atoms with E-state index in [1.165, 1.54) is 25.2 Å². The Morgan fingerprint density at radius 1 is 1.12 bits per heavy atom. The Hall–Kier alpha value is -2.45. The SMILES string of the molecule is C/C(=C\c1ncc(C(=O)O)n1S(=O)(=O)N(C)C)c1cc2c(cc1C)C(C)(C)CCC2(C)C. The van der Waals surface area contributed by atoms with E-state index in [0.717, 1.165) is 44.0 Å². The van der Waals surface area contributed by atoms with E-state index in [4.69, 9.17) is 0 Å². The van der Waals surface area contributed by atoms with Gasteiger partial charge in [0.25, 0.3) is 0 Å². The predicted octanol–water partition coefficient (Wildman–Crippen LogP) is 4.45. The summed E-state index contributed by atoms with van der Waals surface area (Å²) in [5.41, 5.74) is 5.31. The van der Waals surface area contributed by atoms with Gasteiger partial charge >= 0.3 is 16.2 Å². The van der Waals surface area contributed by atoms with Crippen molar-refractivity contribution in [1.29, 1.82) is 0 Å². The maximum Gasteiger partial charge on any atom is 0.355 e. The molecule has 1 heterocycles. The van der Waals surface area contributed by atoms with E-state index in [2.05, 4.69) is 51.7 Å². The average Bonchev–Trinajstić information content (AvgIpc) is 3.09. The number of benzene rings is 1. The van der Waals surface area contributed by atoms with Crippen LogP contribution in [0.4, 0.5) is 0 Å². The zero-order valence-electron chi connectivity index (χ0n) is 20.1. The van der Waals surface area contributed by atoms with Crippen molar-refractivity contribution >= 4 is 27.8 Å². The van der Waals surface area contributed by atoms with Gasteiger partial charge in [0.05, 0.1) is 6.20 Å². The molecule has 1 aromatic carbocycles. The van der Waals surface area contributed by atoms with Crippen molar-refractivity contribution in [2.75, 3.05) is 14.1 Å². The van der Waals surface area contributed by atoms with E-state index < -0.39 is 21.9 Å². The average molecular weight is 460 g/mol. The number of aromatic carboxylic acids is 1. The first-order chi connectivity index (χ1) is 14.6. The Morgan fingerprint density at radius 2 is 1.66 bits per heavy atom. The molecule has 1 N–H and O–H groups in total. The number of hydrogen-bond donors (Lipinski definition) is 1. The number of nitrogens with zero attached hydrogens (tertiary/aromatic N) is 3. The molecule has 0 saturated carbocycles. The second kappa shape index (κ2) is 7.85. The molecule has 0 aliphatic heterocycles. The van der Waals surface area contributed by atoms with Crippen LogP contribution in [-0.4, -0.2) is 46.9 Å². The summed E-state index contributed by atoms with van der Waals surface area (Å²) in [7, 11) is -1.34. The number of carboxylic acids is 1. The highest BCUT2D eigenvalue weighted by Crippen LogP contribution is 2.47. The zero-order chi connectivity index (χ0) is 24.2. The smallest absolute Gasteiger partial charge is 0.355 e. The Kier molecular flexibility index (Phi) is 5.93. The van der Waals surface area contributed by atoms with Crippen LogP contribution in [0.3, 0.4) is 0 Å². The molecule has 8 heteroatoms. The van der Waals surface area contributed by atoms with E-state index in [9.17, 15) is 18.3 Å². The van der Waals surface area contributed by atoms with Gasteiger partial charge in [0.15, 0.2) is 5.69 Å². The van der Waals surface area contributed by atoms with E-state index in [1.807, 2.05) is 6.92 Å². The summed E-state index contributed by atoms with van der Waals surface area (Å²) in [4.78, 5) is 15.8. The van der Waals surface area contributed by atoms with Crippen LogP contribution >= 0.6 is 0 Å². The Bertz CT molecular complexity index is 1220. The molecule has 2 aromatic rings. The monoisotopic (exact) mass is 459 g/mol. The molecule has 1 aliphatic rings. The molecule has 0 spiro atoms. The summed E-state index contributed by atoms with van der Waals surface area (Å²) in [6.07, 6.45) is 4.93. The van der Waals surface area contributed by atoms with Gasteiger partial charge in [0.1, 0.15) is 5.82 Å². The Balaban J connectivity index is 2.21. The molecule has 1 aliphatic carbocycles. The third-order valence-electron chi connectivity index (χ3n) is 6.63. The number of carbonyl (C=O) groups is 1. The molecule has 0 atom stereocenters. The second-order valence-corrected chi connectivity index (χ2v) is 12.2. The first-order valence-corrected chi connectivity index (χ1v) is 12.1. The molecule has 174 valence electrons. The number of carboxylic acid groups (broad SMARTS) is 1. The summed E-state index contributed by atoms with van der Waals surface area (Å²) in [5.74, 6) is -1.29. The van der Waals surface area contributed by atoms with E-state index in [1.54, 1.807) is 6.08 Å². The molecule has 0 bridgehead atoms. The maximum absolute atomic E-state index is 12.8. The minimum atomic E-state index is -4.06. The number of imidazole rings is 1. The molecular formula is C24H33N3O4S. The lowest BCUT2D eigenvalue weighted by atomic mass is 9.62. The van der Waals surface area contributed by atoms with Gasteiger partial charge in [-0.2, -0.15) is 16.7 Å². The number of fused-ring (bicyclic) bond motifs is 1. The van der Waals surface area contributed by atoms with Crippen LogP contribution < -0.4 is 0 Å². The lowest BCUT2D eigenvalue weighted by Gasteiger charge is -2.42. The fourth-order valence-electron chi connectivity index (χ4n) is 4.42. The molecule has 0 amide bonds. The van der Waals surface area contributed by atoms with Gasteiger partial charge in [-0.3, -0.25) is 0 Å². The predicted molar refractivity (Wildman–Crippen MR) is 127 cm³/mol. The van der Waals surface area contributed by atoms with Gasteiger partial charge in [0.2, 0.25) is 0 Å². The molecule has 0 unspecified atom stereocenters. The molecule has 1 aromatic heterocycles. The van der Waals surface area contributed by atoms with E-state index in [-0.39, 0.29) is 16.7 Å². The molecule has 7 nitrogen and oxygen atoms in total. The highest BCUT2D eigenvalue weighted by molar-refractivity contribution is 7.87. The number of aromatic nitrogens is 2. The van der Waals surface area contributed by atoms with Crippen molar-refractivity contribution in [2.24, 2.45) is 0 Å². The van der Waals surface area contributed by atoms with Gasteiger partial charge in [-0.15, -0.1) is 0 Å². The van der Waals surface area contributed by atoms with E-state index >= 15 is 0 Å². The molecule has 0 radical (unpaired) electrons. The highest BCUT2D eigenvalue weighted by atomic mass is 32.2. The fraction of sp³-hybridized carbons (Fsp3) is 0.500. The third kappa shape index (κ3) is 4.01. The first kappa shape index (κ1) is 24.2. The number of hydrogen-bond acceptors (Lipinski definition) is 4. The summed E-state index contributed by atoms with van der Waals surface area (Å²) >= 11 is 0. The van der Waals surface area contributed by atoms with Crippen LogP contribution in [0.25, 0.3) is 11.6 Å². The molecule has 0 fully saturated rings. The largest absolute Gasteiger partial charge is 0.476 e. The zero-order valence-corrected chi connectivity index (χ0v) is 21.0. The summed E-state index contributed by atoms with van der Waals surface area (Å²) in [5, 5.41) is 9.49. The van der Waals surface area contributed by atoms with Crippen LogP contribution in [0.2, 0.25) is 0 Å². The molecule has 3 rings (SSSR count). The van der Waals surface area contributed by atoms with Crippen LogP contribution in [0.15, 0.2) is 18.3 Å². The quantitative estimate of drug-likeness (QED) is 0.713. The minimum absolute atomic E-state index is 0.0385. The van der Waals surface area contributed by atoms with Crippen LogP contribution in [0.1, 0.15) is 86.0 Å². The van der Waals surface area contributed by atoms with Gasteiger partial charge in [-0.1, -0.05) is 39.8 Å². The third-order valence-corrected chi connectivity index (χ3v) is 8.39. The summed E-state index contributed by atoms with van der Waals surface area (Å²) in [6, 6.07) is 4.46. The van der Waals surface area contributed by atoms with Crippen molar-refractivity contribution < 1.29 is 18.3 Å². The van der Waals surface area contributed by atoms with Crippen molar-refractivity contribution in [3.63, 3.8) is 0 Å². The van der Waals surface area contributed by atoms with Crippen LogP contribution in [0, 0.1) is 6.92 Å². The fourth-order valence-corrected chi connectivity index (χ4v) is 5.45. The van der Waals surface area contributed by atoms with Crippen molar-refractivity contribution in [3.8, 4) is 0 Å². The normalized spacial score (nSPS) is 18.0. The number of allylic oxidation sites excluding steroid dienone is 1. The summed E-state index contributed by atoms with van der Waals surface area (Å²) in [6.45, 7) is 13.0. The number of aryl methyl sites for hydroxylation is 1. The van der Waals surface area contributed by atoms with Gasteiger partial charge in [-0.05, 0) is 71.4 Å². The van der Waals surface area contributed by atoms with Gasteiger partial charge < -0.3 is 5.11 Å². The Morgan fingerprint density at radius 3 is 2.16 bits per heavy atom. The lowest BCUT2D eigenvalue weighted by Crippen LogP contribution is -2.34. The first-order valence-electron chi connectivity index (χ1n) is 10.7. The van der Waals surface area contributed by atoms with Crippen molar-refractivity contribution in [1.82, 2.24) is 13.3 Å². The molecule has 32 heavy (non-hydrogen) atoms. The second-order valence-electron chi connectivity index (χ2n) is 10.2.